The van der Waals surface area contributed by atoms with Crippen molar-refractivity contribution in [3.8, 4) is 11.5 Å². The third kappa shape index (κ3) is 6.68. The first-order valence-corrected chi connectivity index (χ1v) is 9.36. The summed E-state index contributed by atoms with van der Waals surface area (Å²) in [6.07, 6.45) is 3.16. The summed E-state index contributed by atoms with van der Waals surface area (Å²) in [6, 6.07) is 8.23. The Bertz CT molecular complexity index is 959. The topological polar surface area (TPSA) is 84.6 Å². The molecule has 9 heteroatoms. The highest BCUT2D eigenvalue weighted by atomic mass is 127. The third-order valence-corrected chi connectivity index (χ3v) is 4.10. The maximum absolute atomic E-state index is 14.4. The van der Waals surface area contributed by atoms with Crippen molar-refractivity contribution in [1.82, 2.24) is 20.6 Å². The second-order valence-electron chi connectivity index (χ2n) is 6.35. The van der Waals surface area contributed by atoms with Gasteiger partial charge in [0.15, 0.2) is 17.5 Å². The van der Waals surface area contributed by atoms with Crippen molar-refractivity contribution in [2.45, 2.75) is 33.9 Å². The van der Waals surface area contributed by atoms with Crippen molar-refractivity contribution >= 4 is 29.9 Å². The van der Waals surface area contributed by atoms with Crippen molar-refractivity contribution in [1.29, 1.82) is 0 Å². The molecule has 30 heavy (non-hydrogen) atoms. The number of nitrogens with zero attached hydrogens (tertiary/aromatic N) is 3. The van der Waals surface area contributed by atoms with E-state index in [-0.39, 0.29) is 29.7 Å². The molecule has 7 nitrogen and oxygen atoms in total. The van der Waals surface area contributed by atoms with E-state index in [0.29, 0.717) is 37.2 Å². The fraction of sp³-hybridized carbons (Fsp3) is 0.286. The first-order chi connectivity index (χ1) is 14.0. The number of aryl methyl sites for hydroxylation is 2. The number of hydrogen-bond donors (Lipinski definition) is 2. The second kappa shape index (κ2) is 11.5. The second-order valence-corrected chi connectivity index (χ2v) is 6.35. The summed E-state index contributed by atoms with van der Waals surface area (Å²) in [5.41, 5.74) is 1.59. The molecule has 0 amide bonds. The molecule has 0 fully saturated rings. The lowest BCUT2D eigenvalue weighted by Gasteiger charge is -2.10. The molecule has 0 bridgehead atoms. The Morgan fingerprint density at radius 2 is 2.07 bits per heavy atom. The van der Waals surface area contributed by atoms with Gasteiger partial charge in [0.25, 0.3) is 0 Å². The number of aliphatic imine (C=N–C) groups is 1. The summed E-state index contributed by atoms with van der Waals surface area (Å²) in [4.78, 5) is 12.8. The maximum Gasteiger partial charge on any atom is 0.214 e. The monoisotopic (exact) mass is 525 g/mol. The maximum atomic E-state index is 14.4. The lowest BCUT2D eigenvalue weighted by molar-refractivity contribution is 0.440. The normalized spacial score (nSPS) is 11.0. The van der Waals surface area contributed by atoms with Gasteiger partial charge in [0.2, 0.25) is 5.89 Å². The summed E-state index contributed by atoms with van der Waals surface area (Å²) in [6.45, 7) is 7.16. The van der Waals surface area contributed by atoms with Crippen LogP contribution < -0.4 is 15.4 Å². The number of guanidine groups is 1. The number of rotatable bonds is 7. The lowest BCUT2D eigenvalue weighted by atomic mass is 10.2. The Labute approximate surface area is 192 Å². The average Bonchev–Trinajstić information content (AvgIpc) is 3.04. The fourth-order valence-electron chi connectivity index (χ4n) is 2.55. The first kappa shape index (κ1) is 23.6. The lowest BCUT2D eigenvalue weighted by Crippen LogP contribution is -2.36. The van der Waals surface area contributed by atoms with Gasteiger partial charge in [-0.05, 0) is 50.6 Å². The van der Waals surface area contributed by atoms with Gasteiger partial charge in [-0.15, -0.1) is 24.0 Å². The summed E-state index contributed by atoms with van der Waals surface area (Å²) in [5.74, 6) is 2.15. The van der Waals surface area contributed by atoms with E-state index < -0.39 is 5.82 Å². The Hall–Kier alpha value is -2.69. The number of benzene rings is 1. The molecule has 0 radical (unpaired) electrons. The van der Waals surface area contributed by atoms with Gasteiger partial charge in [-0.1, -0.05) is 6.07 Å². The van der Waals surface area contributed by atoms with Gasteiger partial charge in [-0.3, -0.25) is 4.98 Å². The van der Waals surface area contributed by atoms with Gasteiger partial charge in [-0.2, -0.15) is 0 Å². The quantitative estimate of drug-likeness (QED) is 0.269. The van der Waals surface area contributed by atoms with Crippen LogP contribution in [0.4, 0.5) is 4.39 Å². The van der Waals surface area contributed by atoms with Crippen LogP contribution in [-0.4, -0.2) is 22.5 Å². The fourth-order valence-corrected chi connectivity index (χ4v) is 2.55. The molecule has 0 aliphatic rings. The minimum atomic E-state index is -0.453. The van der Waals surface area contributed by atoms with Crippen LogP contribution >= 0.6 is 24.0 Å². The Morgan fingerprint density at radius 3 is 2.70 bits per heavy atom. The van der Waals surface area contributed by atoms with Crippen LogP contribution in [0, 0.1) is 19.7 Å². The van der Waals surface area contributed by atoms with E-state index in [9.17, 15) is 4.39 Å². The molecule has 0 saturated heterocycles. The van der Waals surface area contributed by atoms with Gasteiger partial charge in [0, 0.05) is 12.7 Å². The van der Waals surface area contributed by atoms with Gasteiger partial charge >= 0.3 is 0 Å². The molecule has 2 aromatic heterocycles. The summed E-state index contributed by atoms with van der Waals surface area (Å²) < 4.78 is 25.4. The SMILES string of the molecule is CCNC(=NCc1ccc(Oc2cccnc2)c(F)c1)NCc1nc(C)c(C)o1.I. The van der Waals surface area contributed by atoms with Crippen molar-refractivity contribution in [3.63, 3.8) is 0 Å². The number of ether oxygens (including phenoxy) is 1. The number of oxazole rings is 1. The summed E-state index contributed by atoms with van der Waals surface area (Å²) in [7, 11) is 0. The average molecular weight is 525 g/mol. The molecular formula is C21H25FIN5O2. The standard InChI is InChI=1S/C21H24FN5O2.HI/c1-4-24-21(26-13-20-27-14(2)15(3)28-20)25-11-16-7-8-19(18(22)10-16)29-17-6-5-9-23-12-17;/h5-10,12H,4,11,13H2,1-3H3,(H2,24,25,26);1H. The molecule has 0 spiro atoms. The molecule has 3 aromatic rings. The molecule has 3 rings (SSSR count). The van der Waals surface area contributed by atoms with Crippen LogP contribution in [0.5, 0.6) is 11.5 Å². The van der Waals surface area contributed by atoms with Crippen LogP contribution in [-0.2, 0) is 13.1 Å². The van der Waals surface area contributed by atoms with Crippen LogP contribution in [0.1, 0.15) is 29.8 Å². The predicted molar refractivity (Wildman–Crippen MR) is 124 cm³/mol. The molecule has 0 aliphatic carbocycles. The molecule has 0 saturated carbocycles. The third-order valence-electron chi connectivity index (χ3n) is 4.10. The highest BCUT2D eigenvalue weighted by molar-refractivity contribution is 14.0. The Kier molecular flexibility index (Phi) is 9.03. The molecule has 0 unspecified atom stereocenters. The van der Waals surface area contributed by atoms with Gasteiger partial charge in [0.05, 0.1) is 25.0 Å². The number of halogens is 2. The van der Waals surface area contributed by atoms with E-state index in [1.807, 2.05) is 20.8 Å². The molecular weight excluding hydrogens is 500 g/mol. The van der Waals surface area contributed by atoms with E-state index >= 15 is 0 Å². The van der Waals surface area contributed by atoms with Gasteiger partial charge in [0.1, 0.15) is 11.5 Å². The summed E-state index contributed by atoms with van der Waals surface area (Å²) >= 11 is 0. The van der Waals surface area contributed by atoms with Crippen molar-refractivity contribution in [2.24, 2.45) is 4.99 Å². The van der Waals surface area contributed by atoms with Crippen molar-refractivity contribution in [2.75, 3.05) is 6.54 Å². The Balaban J connectivity index is 0.00000320. The van der Waals surface area contributed by atoms with Crippen LogP contribution in [0.25, 0.3) is 0 Å². The number of aromatic nitrogens is 2. The molecule has 0 aliphatic heterocycles. The van der Waals surface area contributed by atoms with E-state index in [1.54, 1.807) is 30.5 Å². The zero-order valence-corrected chi connectivity index (χ0v) is 19.4. The van der Waals surface area contributed by atoms with E-state index in [1.165, 1.54) is 12.3 Å². The van der Waals surface area contributed by atoms with E-state index in [2.05, 4.69) is 25.6 Å². The van der Waals surface area contributed by atoms with Crippen molar-refractivity contribution in [3.05, 3.63) is 71.5 Å². The zero-order valence-electron chi connectivity index (χ0n) is 17.1. The smallest absolute Gasteiger partial charge is 0.214 e. The van der Waals surface area contributed by atoms with Crippen LogP contribution in [0.2, 0.25) is 0 Å². The highest BCUT2D eigenvalue weighted by Gasteiger charge is 2.08. The molecule has 0 atom stereocenters. The highest BCUT2D eigenvalue weighted by Crippen LogP contribution is 2.24. The largest absolute Gasteiger partial charge is 0.453 e. The van der Waals surface area contributed by atoms with Crippen LogP contribution in [0.3, 0.4) is 0 Å². The number of hydrogen-bond acceptors (Lipinski definition) is 5. The minimum absolute atomic E-state index is 0. The van der Waals surface area contributed by atoms with Gasteiger partial charge in [-0.25, -0.2) is 14.4 Å². The first-order valence-electron chi connectivity index (χ1n) is 9.36. The van der Waals surface area contributed by atoms with Gasteiger partial charge < -0.3 is 19.8 Å². The molecule has 2 N–H and O–H groups in total. The zero-order chi connectivity index (χ0) is 20.6. The Morgan fingerprint density at radius 1 is 1.23 bits per heavy atom. The molecule has 2 heterocycles. The molecule has 160 valence electrons. The van der Waals surface area contributed by atoms with Crippen molar-refractivity contribution < 1.29 is 13.5 Å². The minimum Gasteiger partial charge on any atom is -0.453 e. The van der Waals surface area contributed by atoms with Crippen LogP contribution in [0.15, 0.2) is 52.1 Å². The number of pyridine rings is 1. The van der Waals surface area contributed by atoms with E-state index in [4.69, 9.17) is 9.15 Å². The number of nitrogens with one attached hydrogen (secondary N) is 2. The summed E-state index contributed by atoms with van der Waals surface area (Å²) in [5, 5.41) is 6.31. The predicted octanol–water partition coefficient (Wildman–Crippen LogP) is 4.49. The molecule has 1 aromatic carbocycles. The van der Waals surface area contributed by atoms with E-state index in [0.717, 1.165) is 17.0 Å².